The lowest BCUT2D eigenvalue weighted by Gasteiger charge is -2.22. The Kier molecular flexibility index (Phi) is 3.16. The van der Waals surface area contributed by atoms with Crippen LogP contribution < -0.4 is 10.5 Å². The monoisotopic (exact) mass is 262 g/mol. The fourth-order valence-electron chi connectivity index (χ4n) is 2.40. The fraction of sp³-hybridized carbons (Fsp3) is 0.500. The van der Waals surface area contributed by atoms with Crippen molar-refractivity contribution in [1.29, 1.82) is 0 Å². The lowest BCUT2D eigenvalue weighted by Crippen LogP contribution is -2.23. The molecule has 5 heteroatoms. The molecule has 0 radical (unpaired) electrons. The van der Waals surface area contributed by atoms with Crippen molar-refractivity contribution in [3.8, 4) is 5.75 Å². The number of ether oxygens (including phenoxy) is 3. The van der Waals surface area contributed by atoms with Crippen molar-refractivity contribution < 1.29 is 14.2 Å². The molecule has 1 aromatic carbocycles. The van der Waals surface area contributed by atoms with Crippen LogP contribution >= 0.6 is 0 Å². The van der Waals surface area contributed by atoms with Crippen LogP contribution in [0.5, 0.6) is 5.75 Å². The number of aliphatic imine (C=N–C) groups is 1. The summed E-state index contributed by atoms with van der Waals surface area (Å²) in [4.78, 5) is 4.35. The van der Waals surface area contributed by atoms with Crippen molar-refractivity contribution in [3.05, 3.63) is 29.3 Å². The van der Waals surface area contributed by atoms with Crippen molar-refractivity contribution in [2.45, 2.75) is 25.7 Å². The van der Waals surface area contributed by atoms with E-state index in [0.29, 0.717) is 25.7 Å². The summed E-state index contributed by atoms with van der Waals surface area (Å²) in [6, 6.07) is 5.74. The molecule has 1 fully saturated rings. The van der Waals surface area contributed by atoms with Crippen molar-refractivity contribution in [2.75, 3.05) is 19.8 Å². The molecular weight excluding hydrogens is 244 g/mol. The number of amidine groups is 1. The van der Waals surface area contributed by atoms with Gasteiger partial charge in [-0.15, -0.1) is 0 Å². The third-order valence-corrected chi connectivity index (χ3v) is 3.32. The quantitative estimate of drug-likeness (QED) is 0.839. The van der Waals surface area contributed by atoms with Gasteiger partial charge in [-0.2, -0.15) is 0 Å². The molecule has 0 aliphatic carbocycles. The summed E-state index contributed by atoms with van der Waals surface area (Å²) in [5.41, 5.74) is 7.61. The molecule has 19 heavy (non-hydrogen) atoms. The SMILES string of the molecule is CCCCOc1cccc2c1C1(N=C2N)OCCO1. The van der Waals surface area contributed by atoms with E-state index in [2.05, 4.69) is 11.9 Å². The van der Waals surface area contributed by atoms with Gasteiger partial charge in [0.05, 0.1) is 25.4 Å². The highest BCUT2D eigenvalue weighted by Crippen LogP contribution is 2.44. The van der Waals surface area contributed by atoms with Crippen molar-refractivity contribution >= 4 is 5.84 Å². The minimum absolute atomic E-state index is 0.442. The summed E-state index contributed by atoms with van der Waals surface area (Å²) in [5.74, 6) is 0.109. The van der Waals surface area contributed by atoms with Gasteiger partial charge >= 0.3 is 5.91 Å². The van der Waals surface area contributed by atoms with E-state index >= 15 is 0 Å². The Balaban J connectivity index is 1.97. The zero-order valence-electron chi connectivity index (χ0n) is 11.0. The Hall–Kier alpha value is -1.59. The summed E-state index contributed by atoms with van der Waals surface area (Å²) >= 11 is 0. The van der Waals surface area contributed by atoms with Gasteiger partial charge in [-0.1, -0.05) is 25.5 Å². The molecule has 0 atom stereocenters. The fourth-order valence-corrected chi connectivity index (χ4v) is 2.40. The summed E-state index contributed by atoms with van der Waals surface area (Å²) in [5, 5.41) is 0. The number of fused-ring (bicyclic) bond motifs is 2. The molecule has 2 aliphatic rings. The molecule has 0 aromatic heterocycles. The number of rotatable bonds is 4. The van der Waals surface area contributed by atoms with Gasteiger partial charge in [-0.05, 0) is 12.5 Å². The van der Waals surface area contributed by atoms with Gasteiger partial charge in [0.1, 0.15) is 11.6 Å². The zero-order valence-corrected chi connectivity index (χ0v) is 11.0. The van der Waals surface area contributed by atoms with Crippen LogP contribution in [0.3, 0.4) is 0 Å². The van der Waals surface area contributed by atoms with Gasteiger partial charge in [0, 0.05) is 5.56 Å². The molecule has 2 N–H and O–H groups in total. The minimum Gasteiger partial charge on any atom is -0.493 e. The van der Waals surface area contributed by atoms with Gasteiger partial charge in [-0.3, -0.25) is 0 Å². The van der Waals surface area contributed by atoms with Crippen LogP contribution in [0.2, 0.25) is 0 Å². The van der Waals surface area contributed by atoms with Crippen LogP contribution in [0.25, 0.3) is 0 Å². The Labute approximate surface area is 112 Å². The molecule has 1 aromatic rings. The molecule has 3 rings (SSSR count). The predicted octanol–water partition coefficient (Wildman–Crippen LogP) is 1.74. The first-order valence-electron chi connectivity index (χ1n) is 6.67. The lowest BCUT2D eigenvalue weighted by atomic mass is 10.1. The molecule has 2 aliphatic heterocycles. The van der Waals surface area contributed by atoms with Crippen LogP contribution in [0.4, 0.5) is 0 Å². The molecule has 0 bridgehead atoms. The molecular formula is C14H18N2O3. The highest BCUT2D eigenvalue weighted by molar-refractivity contribution is 6.02. The number of unbranched alkanes of at least 4 members (excludes halogenated alkanes) is 1. The largest absolute Gasteiger partial charge is 0.493 e. The molecule has 5 nitrogen and oxygen atoms in total. The van der Waals surface area contributed by atoms with Crippen LogP contribution in [-0.2, 0) is 15.4 Å². The first-order valence-corrected chi connectivity index (χ1v) is 6.67. The highest BCUT2D eigenvalue weighted by atomic mass is 16.8. The number of benzene rings is 1. The average Bonchev–Trinajstić information content (AvgIpc) is 2.98. The maximum Gasteiger partial charge on any atom is 0.304 e. The van der Waals surface area contributed by atoms with Crippen LogP contribution in [0, 0.1) is 0 Å². The normalized spacial score (nSPS) is 19.5. The van der Waals surface area contributed by atoms with E-state index in [0.717, 1.165) is 29.7 Å². The predicted molar refractivity (Wildman–Crippen MR) is 71.2 cm³/mol. The second kappa shape index (κ2) is 4.83. The zero-order chi connectivity index (χ0) is 13.3. The molecule has 0 unspecified atom stereocenters. The van der Waals surface area contributed by atoms with Crippen LogP contribution in [0.1, 0.15) is 30.9 Å². The smallest absolute Gasteiger partial charge is 0.304 e. The maximum atomic E-state index is 5.96. The summed E-state index contributed by atoms with van der Waals surface area (Å²) < 4.78 is 17.2. The Morgan fingerprint density at radius 2 is 2.16 bits per heavy atom. The standard InChI is InChI=1S/C14H18N2O3/c1-2-3-7-17-11-6-4-5-10-12(11)14(16-13(10)15)18-8-9-19-14/h4-6H,2-3,7-9H2,1H3,(H2,15,16). The summed E-state index contributed by atoms with van der Waals surface area (Å²) in [7, 11) is 0. The second-order valence-corrected chi connectivity index (χ2v) is 4.66. The van der Waals surface area contributed by atoms with Crippen molar-refractivity contribution in [2.24, 2.45) is 10.7 Å². The summed E-state index contributed by atoms with van der Waals surface area (Å²) in [6.07, 6.45) is 2.10. The number of hydrogen-bond donors (Lipinski definition) is 1. The van der Waals surface area contributed by atoms with Crippen molar-refractivity contribution in [1.82, 2.24) is 0 Å². The van der Waals surface area contributed by atoms with E-state index in [1.54, 1.807) is 0 Å². The van der Waals surface area contributed by atoms with E-state index in [1.807, 2.05) is 18.2 Å². The average molecular weight is 262 g/mol. The van der Waals surface area contributed by atoms with E-state index in [-0.39, 0.29) is 0 Å². The number of nitrogens with two attached hydrogens (primary N) is 1. The van der Waals surface area contributed by atoms with Gasteiger partial charge in [0.2, 0.25) is 0 Å². The Morgan fingerprint density at radius 3 is 2.89 bits per heavy atom. The number of hydrogen-bond acceptors (Lipinski definition) is 5. The Morgan fingerprint density at radius 1 is 1.37 bits per heavy atom. The second-order valence-electron chi connectivity index (χ2n) is 4.66. The molecule has 0 saturated carbocycles. The van der Waals surface area contributed by atoms with Gasteiger partial charge in [-0.25, -0.2) is 4.99 Å². The number of nitrogens with zero attached hydrogens (tertiary/aromatic N) is 1. The van der Waals surface area contributed by atoms with E-state index in [9.17, 15) is 0 Å². The van der Waals surface area contributed by atoms with E-state index < -0.39 is 5.91 Å². The first kappa shape index (κ1) is 12.4. The lowest BCUT2D eigenvalue weighted by molar-refractivity contribution is -0.156. The van der Waals surface area contributed by atoms with E-state index in [4.69, 9.17) is 19.9 Å². The molecule has 2 heterocycles. The maximum absolute atomic E-state index is 5.96. The molecule has 1 spiro atoms. The molecule has 1 saturated heterocycles. The molecule has 102 valence electrons. The Bertz CT molecular complexity index is 507. The van der Waals surface area contributed by atoms with Gasteiger partial charge < -0.3 is 19.9 Å². The van der Waals surface area contributed by atoms with Crippen LogP contribution in [-0.4, -0.2) is 25.7 Å². The summed E-state index contributed by atoms with van der Waals surface area (Å²) in [6.45, 7) is 3.83. The van der Waals surface area contributed by atoms with Gasteiger partial charge in [0.15, 0.2) is 0 Å². The topological polar surface area (TPSA) is 66.1 Å². The third kappa shape index (κ3) is 1.99. The van der Waals surface area contributed by atoms with Crippen LogP contribution in [0.15, 0.2) is 23.2 Å². The third-order valence-electron chi connectivity index (χ3n) is 3.32. The van der Waals surface area contributed by atoms with E-state index in [1.165, 1.54) is 0 Å². The van der Waals surface area contributed by atoms with Gasteiger partial charge in [0.25, 0.3) is 0 Å². The highest BCUT2D eigenvalue weighted by Gasteiger charge is 2.47. The minimum atomic E-state index is -1.08. The first-order chi connectivity index (χ1) is 9.27. The van der Waals surface area contributed by atoms with Crippen molar-refractivity contribution in [3.63, 3.8) is 0 Å². The molecule has 0 amide bonds.